The van der Waals surface area contributed by atoms with Crippen LogP contribution < -0.4 is 14.8 Å². The highest BCUT2D eigenvalue weighted by Crippen LogP contribution is 2.44. The van der Waals surface area contributed by atoms with Crippen LogP contribution in [0.2, 0.25) is 5.28 Å². The third kappa shape index (κ3) is 5.96. The van der Waals surface area contributed by atoms with Crippen LogP contribution in [-0.4, -0.2) is 25.4 Å². The van der Waals surface area contributed by atoms with Crippen molar-refractivity contribution in [2.75, 3.05) is 0 Å². The van der Waals surface area contributed by atoms with Crippen molar-refractivity contribution >= 4 is 50.6 Å². The predicted molar refractivity (Wildman–Crippen MR) is 139 cm³/mol. The molecule has 3 aromatic heterocycles. The lowest BCUT2D eigenvalue weighted by Crippen LogP contribution is -2.40. The third-order valence-corrected chi connectivity index (χ3v) is 8.17. The number of hydrogen-bond donors (Lipinski definition) is 2. The molecular weight excluding hydrogens is 508 g/mol. The molecule has 0 saturated heterocycles. The molecule has 4 rings (SSSR count). The van der Waals surface area contributed by atoms with E-state index in [2.05, 4.69) is 20.0 Å². The SMILES string of the molecule is CC(N[S@+]([O-])C(C)(C)C)c1sc2c(OC(=O)NCc3ccco3)nc(Cl)nc2c1-c1ccccc1. The van der Waals surface area contributed by atoms with Crippen LogP contribution in [0.3, 0.4) is 0 Å². The van der Waals surface area contributed by atoms with Gasteiger partial charge in [0.25, 0.3) is 0 Å². The fourth-order valence-corrected chi connectivity index (χ4v) is 5.51. The van der Waals surface area contributed by atoms with E-state index < -0.39 is 22.2 Å². The molecule has 11 heteroatoms. The Morgan fingerprint density at radius 3 is 2.63 bits per heavy atom. The van der Waals surface area contributed by atoms with Gasteiger partial charge in [0.1, 0.15) is 15.2 Å². The smallest absolute Gasteiger partial charge is 0.414 e. The first-order chi connectivity index (χ1) is 16.6. The Labute approximate surface area is 215 Å². The molecule has 2 N–H and O–H groups in total. The highest BCUT2D eigenvalue weighted by Gasteiger charge is 2.31. The minimum atomic E-state index is -1.30. The molecule has 4 aromatic rings. The highest BCUT2D eigenvalue weighted by atomic mass is 35.5. The van der Waals surface area contributed by atoms with Crippen LogP contribution in [0.1, 0.15) is 44.4 Å². The number of carbonyl (C=O) groups is 1. The Morgan fingerprint density at radius 1 is 1.23 bits per heavy atom. The van der Waals surface area contributed by atoms with E-state index in [0.717, 1.165) is 16.0 Å². The summed E-state index contributed by atoms with van der Waals surface area (Å²) in [6.07, 6.45) is 0.824. The topological polar surface area (TPSA) is 112 Å². The molecule has 184 valence electrons. The molecule has 3 heterocycles. The summed E-state index contributed by atoms with van der Waals surface area (Å²) in [6.45, 7) is 7.82. The fourth-order valence-electron chi connectivity index (χ4n) is 3.29. The number of amides is 1. The molecule has 0 aliphatic rings. The number of rotatable bonds is 7. The van der Waals surface area contributed by atoms with E-state index in [4.69, 9.17) is 20.8 Å². The van der Waals surface area contributed by atoms with Crippen LogP contribution >= 0.6 is 22.9 Å². The van der Waals surface area contributed by atoms with Crippen LogP contribution in [-0.2, 0) is 17.9 Å². The zero-order chi connectivity index (χ0) is 25.2. The Hall–Kier alpha value is -2.63. The van der Waals surface area contributed by atoms with Crippen molar-refractivity contribution in [1.82, 2.24) is 20.0 Å². The zero-order valence-electron chi connectivity index (χ0n) is 19.6. The van der Waals surface area contributed by atoms with Gasteiger partial charge in [-0.15, -0.1) is 16.1 Å². The van der Waals surface area contributed by atoms with Gasteiger partial charge in [-0.05, 0) is 57.0 Å². The Morgan fingerprint density at radius 2 is 1.97 bits per heavy atom. The number of furan rings is 1. The lowest BCUT2D eigenvalue weighted by Gasteiger charge is -2.26. The first kappa shape index (κ1) is 25.5. The number of hydrogen-bond acceptors (Lipinski definition) is 8. The molecule has 0 aliphatic carbocycles. The van der Waals surface area contributed by atoms with Gasteiger partial charge < -0.3 is 19.0 Å². The van der Waals surface area contributed by atoms with Gasteiger partial charge in [0.15, 0.2) is 0 Å². The zero-order valence-corrected chi connectivity index (χ0v) is 22.0. The van der Waals surface area contributed by atoms with Gasteiger partial charge in [0.2, 0.25) is 11.2 Å². The Kier molecular flexibility index (Phi) is 7.67. The average molecular weight is 533 g/mol. The number of fused-ring (bicyclic) bond motifs is 1. The minimum Gasteiger partial charge on any atom is -0.598 e. The van der Waals surface area contributed by atoms with Crippen molar-refractivity contribution in [3.8, 4) is 17.0 Å². The van der Waals surface area contributed by atoms with Crippen molar-refractivity contribution in [1.29, 1.82) is 0 Å². The third-order valence-electron chi connectivity index (χ3n) is 4.97. The van der Waals surface area contributed by atoms with E-state index in [1.807, 2.05) is 58.0 Å². The van der Waals surface area contributed by atoms with E-state index in [0.29, 0.717) is 16.0 Å². The summed E-state index contributed by atoms with van der Waals surface area (Å²) in [5.41, 5.74) is 2.29. The molecule has 1 aromatic carbocycles. The fraction of sp³-hybridized carbons (Fsp3) is 0.292. The van der Waals surface area contributed by atoms with Crippen molar-refractivity contribution < 1.29 is 18.5 Å². The molecule has 0 spiro atoms. The molecule has 0 bridgehead atoms. The monoisotopic (exact) mass is 532 g/mol. The number of nitrogens with zero attached hydrogens (tertiary/aromatic N) is 2. The van der Waals surface area contributed by atoms with Gasteiger partial charge in [-0.25, -0.2) is 9.78 Å². The molecule has 0 aliphatic heterocycles. The first-order valence-electron chi connectivity index (χ1n) is 10.8. The van der Waals surface area contributed by atoms with E-state index in [-0.39, 0.29) is 23.8 Å². The molecule has 1 unspecified atom stereocenters. The second-order valence-corrected chi connectivity index (χ2v) is 12.1. The molecule has 8 nitrogen and oxygen atoms in total. The van der Waals surface area contributed by atoms with Crippen molar-refractivity contribution in [3.05, 3.63) is 64.6 Å². The molecule has 1 amide bonds. The van der Waals surface area contributed by atoms with E-state index in [1.54, 1.807) is 12.1 Å². The van der Waals surface area contributed by atoms with Crippen molar-refractivity contribution in [3.63, 3.8) is 0 Å². The van der Waals surface area contributed by atoms with Gasteiger partial charge >= 0.3 is 6.09 Å². The number of nitrogens with one attached hydrogen (secondary N) is 2. The largest absolute Gasteiger partial charge is 0.598 e. The first-order valence-corrected chi connectivity index (χ1v) is 13.2. The summed E-state index contributed by atoms with van der Waals surface area (Å²) >= 11 is 6.32. The van der Waals surface area contributed by atoms with Crippen LogP contribution in [0, 0.1) is 0 Å². The average Bonchev–Trinajstić information content (AvgIpc) is 3.45. The summed E-state index contributed by atoms with van der Waals surface area (Å²) in [5.74, 6) is 0.638. The summed E-state index contributed by atoms with van der Waals surface area (Å²) in [4.78, 5) is 22.0. The highest BCUT2D eigenvalue weighted by molar-refractivity contribution is 7.90. The Bertz CT molecular complexity index is 1310. The standard InChI is InChI=1S/C24H25ClN4O4S2/c1-14(29-35(31)24(2,3)4)19-17(15-9-6-5-7-10-15)18-20(34-19)21(28-22(25)27-18)33-23(30)26-13-16-11-8-12-32-16/h5-12,14,29H,13H2,1-4H3,(H,26,30)/t14?,35-/m1/s1. The van der Waals surface area contributed by atoms with Crippen LogP contribution in [0.25, 0.3) is 21.3 Å². The normalized spacial score (nSPS) is 13.5. The van der Waals surface area contributed by atoms with Gasteiger partial charge in [-0.3, -0.25) is 0 Å². The van der Waals surface area contributed by atoms with Crippen molar-refractivity contribution in [2.24, 2.45) is 0 Å². The maximum Gasteiger partial charge on any atom is 0.414 e. The molecule has 0 radical (unpaired) electrons. The number of halogens is 1. The Balaban J connectivity index is 1.74. The molecule has 0 saturated carbocycles. The van der Waals surface area contributed by atoms with E-state index in [9.17, 15) is 9.35 Å². The molecule has 2 atom stereocenters. The lowest BCUT2D eigenvalue weighted by atomic mass is 10.0. The van der Waals surface area contributed by atoms with E-state index in [1.165, 1.54) is 17.6 Å². The second kappa shape index (κ2) is 10.5. The second-order valence-electron chi connectivity index (χ2n) is 8.73. The number of aromatic nitrogens is 2. The molecule has 0 fully saturated rings. The number of thiophene rings is 1. The number of carbonyl (C=O) groups excluding carboxylic acids is 1. The maximum atomic E-state index is 12.8. The van der Waals surface area contributed by atoms with Crippen LogP contribution in [0.15, 0.2) is 53.1 Å². The van der Waals surface area contributed by atoms with Gasteiger partial charge in [-0.2, -0.15) is 4.98 Å². The maximum absolute atomic E-state index is 12.8. The quantitative estimate of drug-likeness (QED) is 0.221. The predicted octanol–water partition coefficient (Wildman–Crippen LogP) is 6.01. The van der Waals surface area contributed by atoms with Gasteiger partial charge in [-0.1, -0.05) is 30.3 Å². The molecule has 35 heavy (non-hydrogen) atoms. The summed E-state index contributed by atoms with van der Waals surface area (Å²) in [5, 5.41) is 2.58. The summed E-state index contributed by atoms with van der Waals surface area (Å²) < 4.78 is 26.9. The van der Waals surface area contributed by atoms with Crippen LogP contribution in [0.4, 0.5) is 4.79 Å². The van der Waals surface area contributed by atoms with E-state index >= 15 is 0 Å². The van der Waals surface area contributed by atoms with Crippen molar-refractivity contribution in [2.45, 2.75) is 45.0 Å². The van der Waals surface area contributed by atoms with Gasteiger partial charge in [0, 0.05) is 21.8 Å². The summed E-state index contributed by atoms with van der Waals surface area (Å²) in [6, 6.07) is 12.9. The number of ether oxygens (including phenoxy) is 1. The minimum absolute atomic E-state index is 0.0493. The molecular formula is C24H25ClN4O4S2. The summed E-state index contributed by atoms with van der Waals surface area (Å²) in [7, 11) is 0. The van der Waals surface area contributed by atoms with Gasteiger partial charge in [0.05, 0.1) is 24.4 Å². The lowest BCUT2D eigenvalue weighted by molar-refractivity contribution is 0.198. The number of benzene rings is 1. The van der Waals surface area contributed by atoms with Crippen LogP contribution in [0.5, 0.6) is 5.88 Å².